The molecule has 2 nitrogen and oxygen atoms in total. The maximum atomic E-state index is 4.74. The predicted molar refractivity (Wildman–Crippen MR) is 52.2 cm³/mol. The van der Waals surface area contributed by atoms with E-state index in [1.165, 1.54) is 0 Å². The van der Waals surface area contributed by atoms with E-state index >= 15 is 0 Å². The van der Waals surface area contributed by atoms with E-state index in [0.29, 0.717) is 24.7 Å². The molecule has 0 saturated carbocycles. The standard InChI is InChI=1S/2C5H9O.Cu/c2*1-4-6-5(2)3;/h2*2-4H2,1H3;/q2*-1;+2. The molecule has 1 radical (unpaired) electrons. The number of ether oxygens (including phenoxy) is 2. The topological polar surface area (TPSA) is 18.5 Å². The molecule has 0 aliphatic rings. The maximum absolute atomic E-state index is 4.74. The third kappa shape index (κ3) is 34.7. The Hall–Kier alpha value is -0.661. The largest absolute Gasteiger partial charge is 2.00 e. The van der Waals surface area contributed by atoms with Crippen LogP contribution in [0.4, 0.5) is 0 Å². The number of allylic oxidation sites excluding steroid dienone is 2. The summed E-state index contributed by atoms with van der Waals surface area (Å²) < 4.78 is 9.47. The van der Waals surface area contributed by atoms with Gasteiger partial charge in [0.2, 0.25) is 0 Å². The average Bonchev–Trinajstić information content (AvgIpc) is 1.87. The fraction of sp³-hybridized carbons (Fsp3) is 0.400. The molecule has 0 spiro atoms. The van der Waals surface area contributed by atoms with Gasteiger partial charge in [-0.05, 0) is 13.8 Å². The van der Waals surface area contributed by atoms with Gasteiger partial charge in [-0.3, -0.25) is 0 Å². The molecule has 0 heterocycles. The molecule has 0 rings (SSSR count). The first-order valence-corrected chi connectivity index (χ1v) is 3.81. The van der Waals surface area contributed by atoms with E-state index < -0.39 is 0 Å². The summed E-state index contributed by atoms with van der Waals surface area (Å²) in [5.41, 5.74) is 0. The average molecular weight is 234 g/mol. The number of hydrogen-bond donors (Lipinski definition) is 0. The third-order valence-electron chi connectivity index (χ3n) is 0.697. The van der Waals surface area contributed by atoms with Crippen LogP contribution in [0, 0.1) is 13.8 Å². The molecule has 81 valence electrons. The predicted octanol–water partition coefficient (Wildman–Crippen LogP) is 2.74. The maximum Gasteiger partial charge on any atom is 2.00 e. The van der Waals surface area contributed by atoms with Gasteiger partial charge in [-0.15, -0.1) is 0 Å². The van der Waals surface area contributed by atoms with Crippen molar-refractivity contribution in [3.8, 4) is 0 Å². The van der Waals surface area contributed by atoms with E-state index in [9.17, 15) is 0 Å². The first kappa shape index (κ1) is 18.2. The van der Waals surface area contributed by atoms with Crippen LogP contribution >= 0.6 is 0 Å². The smallest absolute Gasteiger partial charge is 0.532 e. The Labute approximate surface area is 92.5 Å². The van der Waals surface area contributed by atoms with Gasteiger partial charge in [0.1, 0.15) is 0 Å². The summed E-state index contributed by atoms with van der Waals surface area (Å²) in [5.74, 6) is 1.08. The van der Waals surface area contributed by atoms with Crippen molar-refractivity contribution >= 4 is 0 Å². The van der Waals surface area contributed by atoms with Crippen LogP contribution in [-0.2, 0) is 26.5 Å². The van der Waals surface area contributed by atoms with Gasteiger partial charge < -0.3 is 9.47 Å². The minimum Gasteiger partial charge on any atom is -0.532 e. The van der Waals surface area contributed by atoms with Gasteiger partial charge in [-0.1, -0.05) is 11.5 Å². The van der Waals surface area contributed by atoms with Crippen molar-refractivity contribution in [2.24, 2.45) is 0 Å². The Morgan fingerprint density at radius 1 is 1.00 bits per heavy atom. The molecule has 0 fully saturated rings. The monoisotopic (exact) mass is 233 g/mol. The van der Waals surface area contributed by atoms with Gasteiger partial charge in [0.15, 0.2) is 0 Å². The van der Waals surface area contributed by atoms with Crippen LogP contribution in [0.2, 0.25) is 0 Å². The normalized spacial score (nSPS) is 6.92. The second kappa shape index (κ2) is 13.9. The van der Waals surface area contributed by atoms with Crippen LogP contribution < -0.4 is 0 Å². The zero-order chi connectivity index (χ0) is 9.98. The summed E-state index contributed by atoms with van der Waals surface area (Å²) in [6, 6.07) is 0. The zero-order valence-electron chi connectivity index (χ0n) is 8.36. The van der Waals surface area contributed by atoms with E-state index in [0.717, 1.165) is 0 Å². The van der Waals surface area contributed by atoms with Crippen molar-refractivity contribution in [1.82, 2.24) is 0 Å². The molecule has 0 amide bonds. The van der Waals surface area contributed by atoms with Crippen molar-refractivity contribution in [2.45, 2.75) is 13.8 Å². The van der Waals surface area contributed by atoms with E-state index in [1.54, 1.807) is 0 Å². The summed E-state index contributed by atoms with van der Waals surface area (Å²) in [7, 11) is 0. The van der Waals surface area contributed by atoms with E-state index in [-0.39, 0.29) is 17.1 Å². The molecular weight excluding hydrogens is 216 g/mol. The fourth-order valence-electron chi connectivity index (χ4n) is 0.408. The summed E-state index contributed by atoms with van der Waals surface area (Å²) in [6.45, 7) is 18.8. The van der Waals surface area contributed by atoms with Crippen molar-refractivity contribution in [3.63, 3.8) is 0 Å². The van der Waals surface area contributed by atoms with Gasteiger partial charge in [0.25, 0.3) is 0 Å². The summed E-state index contributed by atoms with van der Waals surface area (Å²) in [6.07, 6.45) is 0. The number of hydrogen-bond acceptors (Lipinski definition) is 2. The zero-order valence-corrected chi connectivity index (χ0v) is 9.30. The molecular formula is C10H18CuO2. The SMILES string of the molecule is C=C([CH2-])OCC.C=C([CH2-])OCC.[Cu+2]. The second-order valence-corrected chi connectivity index (χ2v) is 1.94. The molecule has 0 saturated heterocycles. The minimum atomic E-state index is 0. The fourth-order valence-corrected chi connectivity index (χ4v) is 0.408. The third-order valence-corrected chi connectivity index (χ3v) is 0.697. The molecule has 0 aromatic carbocycles. The summed E-state index contributed by atoms with van der Waals surface area (Å²) in [5, 5.41) is 0. The van der Waals surface area contributed by atoms with Crippen LogP contribution in [0.25, 0.3) is 0 Å². The Kier molecular flexibility index (Phi) is 19.4. The van der Waals surface area contributed by atoms with Gasteiger partial charge in [0.05, 0.1) is 13.2 Å². The first-order valence-electron chi connectivity index (χ1n) is 3.81. The summed E-state index contributed by atoms with van der Waals surface area (Å²) in [4.78, 5) is 0. The second-order valence-electron chi connectivity index (χ2n) is 1.94. The van der Waals surface area contributed by atoms with Gasteiger partial charge in [-0.2, -0.15) is 0 Å². The molecule has 0 bridgehead atoms. The van der Waals surface area contributed by atoms with Crippen LogP contribution in [0.1, 0.15) is 13.8 Å². The Bertz CT molecular complexity index is 117. The van der Waals surface area contributed by atoms with Crippen LogP contribution in [0.15, 0.2) is 24.7 Å². The van der Waals surface area contributed by atoms with Gasteiger partial charge in [-0.25, -0.2) is 27.0 Å². The van der Waals surface area contributed by atoms with E-state index in [2.05, 4.69) is 27.0 Å². The summed E-state index contributed by atoms with van der Waals surface area (Å²) >= 11 is 0. The molecule has 0 aromatic rings. The molecule has 0 unspecified atom stereocenters. The molecule has 13 heavy (non-hydrogen) atoms. The van der Waals surface area contributed by atoms with Crippen molar-refractivity contribution in [2.75, 3.05) is 13.2 Å². The quantitative estimate of drug-likeness (QED) is 0.422. The number of rotatable bonds is 4. The minimum absolute atomic E-state index is 0. The van der Waals surface area contributed by atoms with Gasteiger partial charge in [0, 0.05) is 0 Å². The Balaban J connectivity index is -0.000000143. The first-order chi connectivity index (χ1) is 5.54. The molecule has 0 atom stereocenters. The molecule has 3 heteroatoms. The van der Waals surface area contributed by atoms with Crippen molar-refractivity contribution in [3.05, 3.63) is 38.5 Å². The molecule has 0 N–H and O–H groups in total. The van der Waals surface area contributed by atoms with Crippen LogP contribution in [0.5, 0.6) is 0 Å². The van der Waals surface area contributed by atoms with Crippen LogP contribution in [0.3, 0.4) is 0 Å². The van der Waals surface area contributed by atoms with E-state index in [1.807, 2.05) is 13.8 Å². The van der Waals surface area contributed by atoms with Crippen molar-refractivity contribution < 1.29 is 26.5 Å². The molecule has 0 aliphatic carbocycles. The Morgan fingerprint density at radius 2 is 1.23 bits per heavy atom. The van der Waals surface area contributed by atoms with Crippen molar-refractivity contribution in [1.29, 1.82) is 0 Å². The van der Waals surface area contributed by atoms with Crippen LogP contribution in [-0.4, -0.2) is 13.2 Å². The van der Waals surface area contributed by atoms with Gasteiger partial charge >= 0.3 is 17.1 Å². The van der Waals surface area contributed by atoms with E-state index in [4.69, 9.17) is 9.47 Å². The Morgan fingerprint density at radius 3 is 1.23 bits per heavy atom. The molecule has 0 aliphatic heterocycles. The molecule has 0 aromatic heterocycles.